The van der Waals surface area contributed by atoms with E-state index in [4.69, 9.17) is 0 Å². The summed E-state index contributed by atoms with van der Waals surface area (Å²) in [7, 11) is 0. The van der Waals surface area contributed by atoms with Crippen LogP contribution >= 0.6 is 11.3 Å². The van der Waals surface area contributed by atoms with Crippen molar-refractivity contribution in [3.05, 3.63) is 21.4 Å². The van der Waals surface area contributed by atoms with Crippen LogP contribution in [0.1, 0.15) is 42.1 Å². The molecule has 6 heteroatoms. The fourth-order valence-corrected chi connectivity index (χ4v) is 3.29. The van der Waals surface area contributed by atoms with Gasteiger partial charge in [-0.1, -0.05) is 0 Å². The van der Waals surface area contributed by atoms with E-state index in [2.05, 4.69) is 11.4 Å². The van der Waals surface area contributed by atoms with E-state index >= 15 is 0 Å². The van der Waals surface area contributed by atoms with Crippen LogP contribution in [0, 0.1) is 13.8 Å². The largest absolute Gasteiger partial charge is 0.394 e. The van der Waals surface area contributed by atoms with Gasteiger partial charge >= 0.3 is 6.03 Å². The standard InChI is InChI=1S/C15H26N2O3S/c1-9(8-18)17(7-10(2)19)15(20)16-12(4)14-6-11(3)21-13(14)5/h6,9-10,12,18-19H,7-8H2,1-5H3,(H,16,20)/t9-,10-,12-/m0/s1. The van der Waals surface area contributed by atoms with Crippen molar-refractivity contribution in [3.8, 4) is 0 Å². The molecule has 0 aliphatic rings. The number of aliphatic hydroxyl groups excluding tert-OH is 2. The molecule has 5 nitrogen and oxygen atoms in total. The summed E-state index contributed by atoms with van der Waals surface area (Å²) in [5.41, 5.74) is 1.11. The first kappa shape index (κ1) is 17.9. The molecule has 1 aromatic heterocycles. The van der Waals surface area contributed by atoms with Gasteiger partial charge in [0.2, 0.25) is 0 Å². The lowest BCUT2D eigenvalue weighted by Crippen LogP contribution is -2.49. The third-order valence-electron chi connectivity index (χ3n) is 3.40. The summed E-state index contributed by atoms with van der Waals surface area (Å²) in [6.07, 6.45) is -0.634. The number of thiophene rings is 1. The predicted octanol–water partition coefficient (Wildman–Crippen LogP) is 2.20. The molecule has 0 saturated heterocycles. The molecule has 0 radical (unpaired) electrons. The second-order valence-electron chi connectivity index (χ2n) is 5.57. The summed E-state index contributed by atoms with van der Waals surface area (Å²) in [5.74, 6) is 0. The van der Waals surface area contributed by atoms with Crippen LogP contribution in [-0.4, -0.2) is 46.4 Å². The lowest BCUT2D eigenvalue weighted by molar-refractivity contribution is 0.0926. The minimum atomic E-state index is -0.634. The van der Waals surface area contributed by atoms with Crippen LogP contribution in [-0.2, 0) is 0 Å². The minimum absolute atomic E-state index is 0.107. The topological polar surface area (TPSA) is 72.8 Å². The number of aryl methyl sites for hydroxylation is 2. The first-order valence-corrected chi connectivity index (χ1v) is 8.00. The number of nitrogens with one attached hydrogen (secondary N) is 1. The SMILES string of the molecule is Cc1cc([C@H](C)NC(=O)N(C[C@H](C)O)[C@@H](C)CO)c(C)s1. The van der Waals surface area contributed by atoms with Gasteiger partial charge < -0.3 is 20.4 Å². The molecule has 2 amide bonds. The molecular formula is C15H26N2O3S. The third-order valence-corrected chi connectivity index (χ3v) is 4.39. The van der Waals surface area contributed by atoms with Crippen molar-refractivity contribution in [3.63, 3.8) is 0 Å². The molecule has 0 aromatic carbocycles. The van der Waals surface area contributed by atoms with E-state index in [1.807, 2.05) is 20.8 Å². The van der Waals surface area contributed by atoms with Gasteiger partial charge in [-0.05, 0) is 46.2 Å². The number of aliphatic hydroxyl groups is 2. The molecule has 21 heavy (non-hydrogen) atoms. The van der Waals surface area contributed by atoms with Gasteiger partial charge in [0.15, 0.2) is 0 Å². The lowest BCUT2D eigenvalue weighted by Gasteiger charge is -2.30. The van der Waals surface area contributed by atoms with Crippen molar-refractivity contribution in [2.45, 2.75) is 52.8 Å². The Morgan fingerprint density at radius 1 is 1.38 bits per heavy atom. The van der Waals surface area contributed by atoms with Gasteiger partial charge in [0.05, 0.1) is 24.8 Å². The summed E-state index contributed by atoms with van der Waals surface area (Å²) < 4.78 is 0. The Hall–Kier alpha value is -1.11. The zero-order valence-corrected chi connectivity index (χ0v) is 14.2. The van der Waals surface area contributed by atoms with Crippen LogP contribution in [0.25, 0.3) is 0 Å². The number of hydrogen-bond acceptors (Lipinski definition) is 4. The number of hydrogen-bond donors (Lipinski definition) is 3. The molecule has 0 spiro atoms. The summed E-state index contributed by atoms with van der Waals surface area (Å²) in [6.45, 7) is 9.47. The Labute approximate surface area is 130 Å². The molecule has 0 bridgehead atoms. The van der Waals surface area contributed by atoms with E-state index < -0.39 is 6.10 Å². The summed E-state index contributed by atoms with van der Waals surface area (Å²) in [4.78, 5) is 16.3. The number of carbonyl (C=O) groups is 1. The van der Waals surface area contributed by atoms with Crippen LogP contribution < -0.4 is 5.32 Å². The highest BCUT2D eigenvalue weighted by Gasteiger charge is 2.23. The van der Waals surface area contributed by atoms with Gasteiger partial charge in [0.25, 0.3) is 0 Å². The van der Waals surface area contributed by atoms with Gasteiger partial charge in [-0.15, -0.1) is 11.3 Å². The normalized spacial score (nSPS) is 15.4. The fourth-order valence-electron chi connectivity index (χ4n) is 2.27. The average Bonchev–Trinajstić information content (AvgIpc) is 2.73. The van der Waals surface area contributed by atoms with E-state index in [1.54, 1.807) is 25.2 Å². The molecule has 0 saturated carbocycles. The van der Waals surface area contributed by atoms with Crippen LogP contribution in [0.5, 0.6) is 0 Å². The summed E-state index contributed by atoms with van der Waals surface area (Å²) >= 11 is 1.71. The third kappa shape index (κ3) is 4.98. The maximum absolute atomic E-state index is 12.4. The van der Waals surface area contributed by atoms with E-state index in [1.165, 1.54) is 14.7 Å². The molecule has 1 rings (SSSR count). The second-order valence-corrected chi connectivity index (χ2v) is 7.03. The minimum Gasteiger partial charge on any atom is -0.394 e. The Kier molecular flexibility index (Phi) is 6.64. The second kappa shape index (κ2) is 7.77. The number of urea groups is 1. The van der Waals surface area contributed by atoms with Crippen LogP contribution in [0.4, 0.5) is 4.79 Å². The molecule has 0 unspecified atom stereocenters. The lowest BCUT2D eigenvalue weighted by atomic mass is 10.1. The molecule has 0 aliphatic carbocycles. The first-order chi connectivity index (χ1) is 9.76. The molecule has 3 N–H and O–H groups in total. The predicted molar refractivity (Wildman–Crippen MR) is 85.7 cm³/mol. The Morgan fingerprint density at radius 3 is 2.43 bits per heavy atom. The van der Waals surface area contributed by atoms with Crippen molar-refractivity contribution >= 4 is 17.4 Å². The van der Waals surface area contributed by atoms with E-state index in [-0.39, 0.29) is 31.3 Å². The van der Waals surface area contributed by atoms with Crippen LogP contribution in [0.3, 0.4) is 0 Å². The Bertz CT molecular complexity index is 473. The summed E-state index contributed by atoms with van der Waals surface area (Å²) in [5, 5.41) is 21.7. The highest BCUT2D eigenvalue weighted by Crippen LogP contribution is 2.26. The molecule has 0 aliphatic heterocycles. The Morgan fingerprint density at radius 2 is 2.00 bits per heavy atom. The van der Waals surface area contributed by atoms with Crippen LogP contribution in [0.2, 0.25) is 0 Å². The monoisotopic (exact) mass is 314 g/mol. The number of nitrogens with zero attached hydrogens (tertiary/aromatic N) is 1. The molecule has 3 atom stereocenters. The smallest absolute Gasteiger partial charge is 0.318 e. The number of carbonyl (C=O) groups excluding carboxylic acids is 1. The molecule has 120 valence electrons. The van der Waals surface area contributed by atoms with E-state index in [9.17, 15) is 15.0 Å². The highest BCUT2D eigenvalue weighted by atomic mass is 32.1. The number of amides is 2. The van der Waals surface area contributed by atoms with Gasteiger partial charge in [-0.2, -0.15) is 0 Å². The number of rotatable bonds is 6. The van der Waals surface area contributed by atoms with Gasteiger partial charge in [-0.3, -0.25) is 0 Å². The zero-order valence-electron chi connectivity index (χ0n) is 13.4. The average molecular weight is 314 g/mol. The zero-order chi connectivity index (χ0) is 16.2. The van der Waals surface area contributed by atoms with Crippen molar-refractivity contribution in [2.24, 2.45) is 0 Å². The molecule has 1 aromatic rings. The first-order valence-electron chi connectivity index (χ1n) is 7.19. The maximum atomic E-state index is 12.4. The van der Waals surface area contributed by atoms with Crippen molar-refractivity contribution in [1.29, 1.82) is 0 Å². The van der Waals surface area contributed by atoms with E-state index in [0.29, 0.717) is 0 Å². The van der Waals surface area contributed by atoms with E-state index in [0.717, 1.165) is 5.56 Å². The van der Waals surface area contributed by atoms with Gasteiger partial charge in [-0.25, -0.2) is 4.79 Å². The van der Waals surface area contributed by atoms with Crippen LogP contribution in [0.15, 0.2) is 6.07 Å². The summed E-state index contributed by atoms with van der Waals surface area (Å²) in [6, 6.07) is 1.37. The van der Waals surface area contributed by atoms with Gasteiger partial charge in [0.1, 0.15) is 0 Å². The fraction of sp³-hybridized carbons (Fsp3) is 0.667. The molecule has 0 fully saturated rings. The quantitative estimate of drug-likeness (QED) is 0.754. The maximum Gasteiger partial charge on any atom is 0.318 e. The van der Waals surface area contributed by atoms with Crippen molar-refractivity contribution in [2.75, 3.05) is 13.2 Å². The van der Waals surface area contributed by atoms with Crippen molar-refractivity contribution in [1.82, 2.24) is 10.2 Å². The van der Waals surface area contributed by atoms with Gasteiger partial charge in [0, 0.05) is 16.3 Å². The highest BCUT2D eigenvalue weighted by molar-refractivity contribution is 7.12. The van der Waals surface area contributed by atoms with Crippen molar-refractivity contribution < 1.29 is 15.0 Å². The Balaban J connectivity index is 2.78. The molecule has 1 heterocycles. The molecular weight excluding hydrogens is 288 g/mol.